The molecule has 0 aliphatic rings. The number of nitrogens with one attached hydrogen (secondary N) is 1. The Morgan fingerprint density at radius 3 is 2.32 bits per heavy atom. The van der Waals surface area contributed by atoms with Crippen LogP contribution in [0.4, 0.5) is 0 Å². The van der Waals surface area contributed by atoms with Gasteiger partial charge in [0, 0.05) is 5.92 Å². The van der Waals surface area contributed by atoms with Gasteiger partial charge in [0.1, 0.15) is 12.0 Å². The van der Waals surface area contributed by atoms with Crippen molar-refractivity contribution in [1.82, 2.24) is 5.32 Å². The number of phenols is 1. The monoisotopic (exact) mass is 263 g/mol. The molecular formula is C15H21NO3. The average molecular weight is 263 g/mol. The molecule has 0 saturated heterocycles. The van der Waals surface area contributed by atoms with Gasteiger partial charge >= 0.3 is 0 Å². The molecular weight excluding hydrogens is 242 g/mol. The molecule has 0 bridgehead atoms. The first-order valence-corrected chi connectivity index (χ1v) is 6.47. The fraction of sp³-hybridized carbons (Fsp3) is 0.467. The first-order valence-electron chi connectivity index (χ1n) is 6.47. The Balaban J connectivity index is 2.61. The van der Waals surface area contributed by atoms with E-state index >= 15 is 0 Å². The number of carbonyl (C=O) groups excluding carboxylic acids is 2. The standard InChI is InChI=1S/C15H21NO3/c1-10(2)11(3)15(19)16-13(9-17)8-12-4-6-14(18)7-5-12/h4-7,9-11,13,18H,8H2,1-3H3,(H,16,19). The molecule has 0 fully saturated rings. The van der Waals surface area contributed by atoms with Gasteiger partial charge in [-0.15, -0.1) is 0 Å². The summed E-state index contributed by atoms with van der Waals surface area (Å²) in [5.74, 6) is 0.193. The van der Waals surface area contributed by atoms with Gasteiger partial charge in [-0.2, -0.15) is 0 Å². The van der Waals surface area contributed by atoms with Crippen molar-refractivity contribution in [3.05, 3.63) is 29.8 Å². The smallest absolute Gasteiger partial charge is 0.223 e. The van der Waals surface area contributed by atoms with Crippen molar-refractivity contribution in [3.8, 4) is 5.75 Å². The van der Waals surface area contributed by atoms with Gasteiger partial charge in [-0.3, -0.25) is 4.79 Å². The summed E-state index contributed by atoms with van der Waals surface area (Å²) in [7, 11) is 0. The summed E-state index contributed by atoms with van der Waals surface area (Å²) in [5.41, 5.74) is 0.896. The van der Waals surface area contributed by atoms with Crippen LogP contribution in [0, 0.1) is 11.8 Å². The summed E-state index contributed by atoms with van der Waals surface area (Å²) in [6.07, 6.45) is 1.18. The molecule has 1 rings (SSSR count). The number of aromatic hydroxyl groups is 1. The summed E-state index contributed by atoms with van der Waals surface area (Å²) in [6.45, 7) is 5.79. The maximum Gasteiger partial charge on any atom is 0.223 e. The number of benzene rings is 1. The Bertz CT molecular complexity index is 426. The summed E-state index contributed by atoms with van der Waals surface area (Å²) in [4.78, 5) is 22.9. The fourth-order valence-electron chi connectivity index (χ4n) is 1.64. The molecule has 0 aliphatic carbocycles. The molecule has 19 heavy (non-hydrogen) atoms. The van der Waals surface area contributed by atoms with Gasteiger partial charge in [-0.05, 0) is 30.0 Å². The zero-order valence-electron chi connectivity index (χ0n) is 11.6. The third-order valence-electron chi connectivity index (χ3n) is 3.30. The van der Waals surface area contributed by atoms with Crippen LogP contribution in [-0.4, -0.2) is 23.3 Å². The van der Waals surface area contributed by atoms with Gasteiger partial charge in [0.15, 0.2) is 0 Å². The molecule has 0 aliphatic heterocycles. The third kappa shape index (κ3) is 4.73. The fourth-order valence-corrected chi connectivity index (χ4v) is 1.64. The minimum atomic E-state index is -0.529. The highest BCUT2D eigenvalue weighted by atomic mass is 16.3. The average Bonchev–Trinajstić information content (AvgIpc) is 2.39. The number of amides is 1. The Hall–Kier alpha value is -1.84. The number of carbonyl (C=O) groups is 2. The van der Waals surface area contributed by atoms with E-state index < -0.39 is 6.04 Å². The van der Waals surface area contributed by atoms with E-state index in [0.29, 0.717) is 6.42 Å². The molecule has 104 valence electrons. The van der Waals surface area contributed by atoms with Crippen molar-refractivity contribution in [1.29, 1.82) is 0 Å². The van der Waals surface area contributed by atoms with Gasteiger partial charge < -0.3 is 15.2 Å². The number of aldehydes is 1. The third-order valence-corrected chi connectivity index (χ3v) is 3.30. The van der Waals surface area contributed by atoms with Crippen LogP contribution in [0.1, 0.15) is 26.3 Å². The summed E-state index contributed by atoms with van der Waals surface area (Å²) < 4.78 is 0. The number of rotatable bonds is 6. The van der Waals surface area contributed by atoms with Gasteiger partial charge in [-0.25, -0.2) is 0 Å². The van der Waals surface area contributed by atoms with Crippen molar-refractivity contribution in [3.63, 3.8) is 0 Å². The van der Waals surface area contributed by atoms with E-state index in [-0.39, 0.29) is 23.5 Å². The van der Waals surface area contributed by atoms with Gasteiger partial charge in [0.05, 0.1) is 6.04 Å². The largest absolute Gasteiger partial charge is 0.508 e. The van der Waals surface area contributed by atoms with E-state index in [1.165, 1.54) is 0 Å². The lowest BCUT2D eigenvalue weighted by atomic mass is 9.96. The lowest BCUT2D eigenvalue weighted by molar-refractivity contribution is -0.128. The minimum absolute atomic E-state index is 0.106. The van der Waals surface area contributed by atoms with Crippen LogP contribution < -0.4 is 5.32 Å². The molecule has 4 nitrogen and oxygen atoms in total. The summed E-state index contributed by atoms with van der Waals surface area (Å²) in [5, 5.41) is 11.9. The Labute approximate surface area is 113 Å². The topological polar surface area (TPSA) is 66.4 Å². The van der Waals surface area contributed by atoms with Crippen LogP contribution >= 0.6 is 0 Å². The number of hydrogen-bond acceptors (Lipinski definition) is 3. The van der Waals surface area contributed by atoms with Crippen molar-refractivity contribution in [2.75, 3.05) is 0 Å². The quantitative estimate of drug-likeness (QED) is 0.770. The van der Waals surface area contributed by atoms with Crippen LogP contribution in [0.2, 0.25) is 0 Å². The molecule has 2 N–H and O–H groups in total. The molecule has 0 spiro atoms. The highest BCUT2D eigenvalue weighted by Gasteiger charge is 2.20. The van der Waals surface area contributed by atoms with Crippen molar-refractivity contribution in [2.45, 2.75) is 33.2 Å². The van der Waals surface area contributed by atoms with Crippen LogP contribution in [0.3, 0.4) is 0 Å². The highest BCUT2D eigenvalue weighted by Crippen LogP contribution is 2.12. The zero-order chi connectivity index (χ0) is 14.4. The Morgan fingerprint density at radius 2 is 1.84 bits per heavy atom. The van der Waals surface area contributed by atoms with Crippen molar-refractivity contribution in [2.24, 2.45) is 11.8 Å². The van der Waals surface area contributed by atoms with Crippen LogP contribution in [-0.2, 0) is 16.0 Å². The van der Waals surface area contributed by atoms with Crippen molar-refractivity contribution >= 4 is 12.2 Å². The lowest BCUT2D eigenvalue weighted by Crippen LogP contribution is -2.41. The van der Waals surface area contributed by atoms with E-state index in [1.807, 2.05) is 20.8 Å². The highest BCUT2D eigenvalue weighted by molar-refractivity contribution is 5.81. The van der Waals surface area contributed by atoms with Gasteiger partial charge in [0.25, 0.3) is 0 Å². The molecule has 0 aromatic heterocycles. The molecule has 0 saturated carbocycles. The van der Waals surface area contributed by atoms with E-state index in [2.05, 4.69) is 5.32 Å². The van der Waals surface area contributed by atoms with Crippen LogP contribution in [0.25, 0.3) is 0 Å². The maximum atomic E-state index is 11.9. The van der Waals surface area contributed by atoms with Crippen molar-refractivity contribution < 1.29 is 14.7 Å². The first-order chi connectivity index (χ1) is 8.93. The SMILES string of the molecule is CC(C)C(C)C(=O)NC(C=O)Cc1ccc(O)cc1. The molecule has 4 heteroatoms. The van der Waals surface area contributed by atoms with E-state index in [9.17, 15) is 14.7 Å². The first kappa shape index (κ1) is 15.2. The maximum absolute atomic E-state index is 11.9. The molecule has 1 aromatic carbocycles. The minimum Gasteiger partial charge on any atom is -0.508 e. The summed E-state index contributed by atoms with van der Waals surface area (Å²) in [6, 6.07) is 6.08. The van der Waals surface area contributed by atoms with E-state index in [4.69, 9.17) is 0 Å². The molecule has 2 unspecified atom stereocenters. The number of phenolic OH excluding ortho intramolecular Hbond substituents is 1. The molecule has 1 aromatic rings. The van der Waals surface area contributed by atoms with E-state index in [0.717, 1.165) is 11.8 Å². The molecule has 0 radical (unpaired) electrons. The second kappa shape index (κ2) is 6.92. The van der Waals surface area contributed by atoms with Crippen LogP contribution in [0.5, 0.6) is 5.75 Å². The Kier molecular flexibility index (Phi) is 5.55. The number of hydrogen-bond donors (Lipinski definition) is 2. The molecule has 2 atom stereocenters. The lowest BCUT2D eigenvalue weighted by Gasteiger charge is -2.19. The molecule has 0 heterocycles. The summed E-state index contributed by atoms with van der Waals surface area (Å²) >= 11 is 0. The Morgan fingerprint density at radius 1 is 1.26 bits per heavy atom. The van der Waals surface area contributed by atoms with Crippen LogP contribution in [0.15, 0.2) is 24.3 Å². The predicted octanol–water partition coefficient (Wildman–Crippen LogP) is 1.91. The zero-order valence-corrected chi connectivity index (χ0v) is 11.6. The predicted molar refractivity (Wildman–Crippen MR) is 73.8 cm³/mol. The normalized spacial score (nSPS) is 13.9. The second-order valence-electron chi connectivity index (χ2n) is 5.15. The second-order valence-corrected chi connectivity index (χ2v) is 5.15. The van der Waals surface area contributed by atoms with E-state index in [1.54, 1.807) is 24.3 Å². The molecule has 1 amide bonds. The van der Waals surface area contributed by atoms with Gasteiger partial charge in [0.2, 0.25) is 5.91 Å². The van der Waals surface area contributed by atoms with Gasteiger partial charge in [-0.1, -0.05) is 32.9 Å².